The minimum absolute atomic E-state index is 0.265. The maximum Gasteiger partial charge on any atom is 0.408 e. The highest BCUT2D eigenvalue weighted by Crippen LogP contribution is 2.07. The van der Waals surface area contributed by atoms with Crippen LogP contribution in [-0.2, 0) is 14.3 Å². The number of carbonyl (C=O) groups excluding carboxylic acids is 2. The second-order valence-corrected chi connectivity index (χ2v) is 5.50. The van der Waals surface area contributed by atoms with Crippen molar-refractivity contribution >= 4 is 12.1 Å². The molecule has 5 nitrogen and oxygen atoms in total. The van der Waals surface area contributed by atoms with E-state index in [4.69, 9.17) is 9.47 Å². The van der Waals surface area contributed by atoms with Gasteiger partial charge in [0, 0.05) is 0 Å². The molecular weight excluding hydrogens is 246 g/mol. The third kappa shape index (κ3) is 9.11. The second kappa shape index (κ2) is 7.81. The quantitative estimate of drug-likeness (QED) is 0.616. The van der Waals surface area contributed by atoms with E-state index in [1.165, 1.54) is 0 Å². The summed E-state index contributed by atoms with van der Waals surface area (Å²) in [5, 5.41) is 2.49. The lowest BCUT2D eigenvalue weighted by Gasteiger charge is -2.21. The lowest BCUT2D eigenvalue weighted by Crippen LogP contribution is -2.43. The number of hydrogen-bond acceptors (Lipinski definition) is 4. The highest BCUT2D eigenvalue weighted by molar-refractivity contribution is 5.83. The molecule has 0 fully saturated rings. The molecule has 0 aromatic carbocycles. The summed E-state index contributed by atoms with van der Waals surface area (Å²) in [6.07, 6.45) is 2.81. The summed E-state index contributed by atoms with van der Waals surface area (Å²) in [5.74, 6) is -0.220. The zero-order valence-electron chi connectivity index (χ0n) is 12.6. The van der Waals surface area contributed by atoms with Crippen molar-refractivity contribution in [3.8, 4) is 0 Å². The predicted molar refractivity (Wildman–Crippen MR) is 73.8 cm³/mol. The van der Waals surface area contributed by atoms with E-state index in [-0.39, 0.29) is 12.5 Å². The van der Waals surface area contributed by atoms with Crippen LogP contribution in [0.3, 0.4) is 0 Å². The maximum absolute atomic E-state index is 11.7. The summed E-state index contributed by atoms with van der Waals surface area (Å²) in [6, 6.07) is -0.822. The van der Waals surface area contributed by atoms with E-state index in [1.54, 1.807) is 33.8 Å². The topological polar surface area (TPSA) is 64.6 Å². The third-order valence-electron chi connectivity index (χ3n) is 1.90. The van der Waals surface area contributed by atoms with Crippen molar-refractivity contribution in [1.29, 1.82) is 0 Å². The smallest absolute Gasteiger partial charge is 0.408 e. The van der Waals surface area contributed by atoms with Crippen LogP contribution in [0.2, 0.25) is 0 Å². The van der Waals surface area contributed by atoms with E-state index in [1.807, 2.05) is 19.9 Å². The molecule has 0 saturated carbocycles. The number of ether oxygens (including phenoxy) is 2. The molecule has 0 saturated heterocycles. The summed E-state index contributed by atoms with van der Waals surface area (Å²) in [5.41, 5.74) is -0.606. The van der Waals surface area contributed by atoms with E-state index < -0.39 is 23.7 Å². The molecule has 19 heavy (non-hydrogen) atoms. The molecule has 0 aromatic rings. The monoisotopic (exact) mass is 271 g/mol. The molecule has 0 bridgehead atoms. The Balaban J connectivity index is 4.67. The maximum atomic E-state index is 11.7. The molecule has 1 amide bonds. The Morgan fingerprint density at radius 1 is 1.21 bits per heavy atom. The van der Waals surface area contributed by atoms with Gasteiger partial charge in [0.2, 0.25) is 0 Å². The van der Waals surface area contributed by atoms with Crippen molar-refractivity contribution in [2.45, 2.75) is 53.2 Å². The van der Waals surface area contributed by atoms with Crippen LogP contribution in [0.5, 0.6) is 0 Å². The number of esters is 1. The lowest BCUT2D eigenvalue weighted by atomic mass is 10.1. The number of nitrogens with one attached hydrogen (secondary N) is 1. The van der Waals surface area contributed by atoms with E-state index in [0.717, 1.165) is 0 Å². The first-order valence-corrected chi connectivity index (χ1v) is 6.50. The van der Waals surface area contributed by atoms with E-state index in [0.29, 0.717) is 0 Å². The van der Waals surface area contributed by atoms with Crippen LogP contribution in [0.1, 0.15) is 41.5 Å². The van der Waals surface area contributed by atoms with Crippen LogP contribution in [0, 0.1) is 5.92 Å². The van der Waals surface area contributed by atoms with Gasteiger partial charge in [0.1, 0.15) is 11.6 Å². The van der Waals surface area contributed by atoms with Crippen LogP contribution < -0.4 is 5.32 Å². The van der Waals surface area contributed by atoms with Crippen molar-refractivity contribution in [3.63, 3.8) is 0 Å². The number of alkyl carbamates (subject to hydrolysis) is 1. The zero-order valence-corrected chi connectivity index (χ0v) is 12.6. The normalized spacial score (nSPS) is 13.4. The van der Waals surface area contributed by atoms with Gasteiger partial charge < -0.3 is 14.8 Å². The average Bonchev–Trinajstić information content (AvgIpc) is 2.21. The second-order valence-electron chi connectivity index (χ2n) is 5.50. The van der Waals surface area contributed by atoms with Gasteiger partial charge in [-0.15, -0.1) is 0 Å². The molecule has 0 unspecified atom stereocenters. The van der Waals surface area contributed by atoms with Gasteiger partial charge in [0.05, 0.1) is 6.61 Å². The van der Waals surface area contributed by atoms with Gasteiger partial charge >= 0.3 is 12.1 Å². The van der Waals surface area contributed by atoms with Gasteiger partial charge in [-0.25, -0.2) is 9.59 Å². The number of allylic oxidation sites excluding steroid dienone is 1. The molecule has 0 rings (SSSR count). The predicted octanol–water partition coefficient (Wildman–Crippen LogP) is 2.66. The van der Waals surface area contributed by atoms with Gasteiger partial charge in [-0.2, -0.15) is 0 Å². The Bertz CT molecular complexity index is 329. The first-order chi connectivity index (χ1) is 8.65. The number of carbonyl (C=O) groups is 2. The van der Waals surface area contributed by atoms with Crippen LogP contribution in [0.4, 0.5) is 4.79 Å². The Kier molecular flexibility index (Phi) is 7.19. The first kappa shape index (κ1) is 17.5. The van der Waals surface area contributed by atoms with Crippen molar-refractivity contribution in [1.82, 2.24) is 5.32 Å². The number of hydrogen-bond donors (Lipinski definition) is 1. The molecule has 1 atom stereocenters. The Morgan fingerprint density at radius 2 is 1.79 bits per heavy atom. The van der Waals surface area contributed by atoms with E-state index in [2.05, 4.69) is 5.32 Å². The highest BCUT2D eigenvalue weighted by atomic mass is 16.6. The summed E-state index contributed by atoms with van der Waals surface area (Å²) >= 11 is 0. The summed E-state index contributed by atoms with van der Waals surface area (Å²) in [7, 11) is 0. The fourth-order valence-corrected chi connectivity index (χ4v) is 1.19. The van der Waals surface area contributed by atoms with Crippen molar-refractivity contribution < 1.29 is 19.1 Å². The molecule has 0 radical (unpaired) electrons. The molecule has 0 aromatic heterocycles. The van der Waals surface area contributed by atoms with Gasteiger partial charge in [-0.3, -0.25) is 0 Å². The Morgan fingerprint density at radius 3 is 2.21 bits per heavy atom. The van der Waals surface area contributed by atoms with E-state index >= 15 is 0 Å². The first-order valence-electron chi connectivity index (χ1n) is 6.50. The molecular formula is C14H25NO4. The average molecular weight is 271 g/mol. The van der Waals surface area contributed by atoms with Crippen molar-refractivity contribution in [2.24, 2.45) is 5.92 Å². The van der Waals surface area contributed by atoms with Crippen LogP contribution in [0.15, 0.2) is 12.2 Å². The summed E-state index contributed by atoms with van der Waals surface area (Å²) in [4.78, 5) is 23.4. The number of amides is 1. The van der Waals surface area contributed by atoms with Crippen molar-refractivity contribution in [3.05, 3.63) is 12.2 Å². The lowest BCUT2D eigenvalue weighted by molar-refractivity contribution is -0.144. The fourth-order valence-electron chi connectivity index (χ4n) is 1.19. The highest BCUT2D eigenvalue weighted by Gasteiger charge is 2.23. The van der Waals surface area contributed by atoms with Gasteiger partial charge in [0.25, 0.3) is 0 Å². The number of rotatable bonds is 5. The Labute approximate surface area is 115 Å². The third-order valence-corrected chi connectivity index (χ3v) is 1.90. The summed E-state index contributed by atoms with van der Waals surface area (Å²) < 4.78 is 10.0. The zero-order chi connectivity index (χ0) is 15.1. The molecule has 110 valence electrons. The van der Waals surface area contributed by atoms with E-state index in [9.17, 15) is 9.59 Å². The van der Waals surface area contributed by atoms with Crippen LogP contribution in [-0.4, -0.2) is 30.3 Å². The molecule has 0 aliphatic rings. The largest absolute Gasteiger partial charge is 0.464 e. The van der Waals surface area contributed by atoms with Gasteiger partial charge in [-0.1, -0.05) is 26.0 Å². The van der Waals surface area contributed by atoms with Crippen LogP contribution in [0.25, 0.3) is 0 Å². The molecule has 0 heterocycles. The molecule has 1 N–H and O–H groups in total. The van der Waals surface area contributed by atoms with Crippen molar-refractivity contribution in [2.75, 3.05) is 6.61 Å². The SMILES string of the molecule is CCOC(=O)[C@H](/C=C/C(C)C)NC(=O)OC(C)(C)C. The van der Waals surface area contributed by atoms with Gasteiger partial charge in [0.15, 0.2) is 0 Å². The molecule has 0 spiro atoms. The fraction of sp³-hybridized carbons (Fsp3) is 0.714. The molecule has 0 aliphatic heterocycles. The van der Waals surface area contributed by atoms with Crippen LogP contribution >= 0.6 is 0 Å². The molecule has 5 heteroatoms. The van der Waals surface area contributed by atoms with Gasteiger partial charge in [-0.05, 0) is 33.6 Å². The minimum Gasteiger partial charge on any atom is -0.464 e. The standard InChI is InChI=1S/C14H25NO4/c1-7-18-12(16)11(9-8-10(2)3)15-13(17)19-14(4,5)6/h8-11H,7H2,1-6H3,(H,15,17)/b9-8+/t11-/m0/s1. The molecule has 0 aliphatic carbocycles. The Hall–Kier alpha value is -1.52. The summed E-state index contributed by atoms with van der Waals surface area (Å²) in [6.45, 7) is 11.2. The minimum atomic E-state index is -0.822.